The molecule has 0 amide bonds. The summed E-state index contributed by atoms with van der Waals surface area (Å²) < 4.78 is 5.29. The first-order chi connectivity index (χ1) is 12.3. The molecule has 6 nitrogen and oxygen atoms in total. The number of benzene rings is 1. The number of fused-ring (bicyclic) bond motifs is 1. The van der Waals surface area contributed by atoms with Gasteiger partial charge in [0.1, 0.15) is 11.9 Å². The van der Waals surface area contributed by atoms with Crippen LogP contribution in [0.2, 0.25) is 0 Å². The summed E-state index contributed by atoms with van der Waals surface area (Å²) >= 11 is 0. The van der Waals surface area contributed by atoms with Gasteiger partial charge in [-0.3, -0.25) is 0 Å². The molecule has 0 aliphatic heterocycles. The summed E-state index contributed by atoms with van der Waals surface area (Å²) in [6, 6.07) is 10.2. The van der Waals surface area contributed by atoms with Crippen LogP contribution in [-0.4, -0.2) is 29.1 Å². The van der Waals surface area contributed by atoms with Gasteiger partial charge in [-0.25, -0.2) is 9.59 Å². The van der Waals surface area contributed by atoms with Gasteiger partial charge < -0.3 is 14.4 Å². The zero-order valence-corrected chi connectivity index (χ0v) is 15.1. The molecular weight excluding hydrogens is 332 g/mol. The second kappa shape index (κ2) is 6.63. The highest BCUT2D eigenvalue weighted by molar-refractivity contribution is 5.94. The quantitative estimate of drug-likeness (QED) is 0.775. The van der Waals surface area contributed by atoms with Gasteiger partial charge in [-0.1, -0.05) is 18.2 Å². The summed E-state index contributed by atoms with van der Waals surface area (Å²) in [7, 11) is 1.64. The molecule has 26 heavy (non-hydrogen) atoms. The SMILES string of the molecule is Cc1cccc(C)c1-c1cc(=O)oc2nc(N(C)C(C)C(=O)O)ccc12. The average molecular weight is 352 g/mol. The lowest BCUT2D eigenvalue weighted by molar-refractivity contribution is -0.138. The number of rotatable bonds is 4. The molecule has 0 fully saturated rings. The highest BCUT2D eigenvalue weighted by atomic mass is 16.4. The molecule has 0 spiro atoms. The lowest BCUT2D eigenvalue weighted by atomic mass is 9.94. The predicted molar refractivity (Wildman–Crippen MR) is 101 cm³/mol. The Bertz CT molecular complexity index is 1040. The number of aromatic nitrogens is 1. The molecule has 1 atom stereocenters. The Morgan fingerprint density at radius 3 is 2.46 bits per heavy atom. The van der Waals surface area contributed by atoms with Crippen molar-refractivity contribution in [3.63, 3.8) is 0 Å². The fourth-order valence-electron chi connectivity index (χ4n) is 3.04. The molecule has 6 heteroatoms. The van der Waals surface area contributed by atoms with Gasteiger partial charge in [-0.2, -0.15) is 4.98 Å². The molecule has 0 radical (unpaired) electrons. The van der Waals surface area contributed by atoms with Crippen LogP contribution in [0.15, 0.2) is 45.6 Å². The molecule has 0 aliphatic carbocycles. The number of hydrogen-bond acceptors (Lipinski definition) is 5. The molecule has 2 aromatic heterocycles. The van der Waals surface area contributed by atoms with Crippen molar-refractivity contribution in [1.82, 2.24) is 4.98 Å². The van der Waals surface area contributed by atoms with E-state index in [9.17, 15) is 14.7 Å². The third kappa shape index (κ3) is 3.06. The van der Waals surface area contributed by atoms with Crippen molar-refractivity contribution in [3.8, 4) is 11.1 Å². The van der Waals surface area contributed by atoms with Crippen molar-refractivity contribution < 1.29 is 14.3 Å². The topological polar surface area (TPSA) is 83.6 Å². The monoisotopic (exact) mass is 352 g/mol. The maximum absolute atomic E-state index is 12.1. The Morgan fingerprint density at radius 1 is 1.19 bits per heavy atom. The fourth-order valence-corrected chi connectivity index (χ4v) is 3.04. The largest absolute Gasteiger partial charge is 0.480 e. The highest BCUT2D eigenvalue weighted by Crippen LogP contribution is 2.32. The van der Waals surface area contributed by atoms with Crippen molar-refractivity contribution in [2.24, 2.45) is 0 Å². The molecular formula is C20H20N2O4. The van der Waals surface area contributed by atoms with Crippen LogP contribution in [-0.2, 0) is 4.79 Å². The van der Waals surface area contributed by atoms with Gasteiger partial charge in [0.15, 0.2) is 0 Å². The van der Waals surface area contributed by atoms with Crippen LogP contribution in [0.1, 0.15) is 18.1 Å². The van der Waals surface area contributed by atoms with Crippen LogP contribution in [0, 0.1) is 13.8 Å². The van der Waals surface area contributed by atoms with E-state index in [0.717, 1.165) is 22.3 Å². The van der Waals surface area contributed by atoms with Crippen molar-refractivity contribution in [3.05, 3.63) is 57.9 Å². The van der Waals surface area contributed by atoms with Crippen molar-refractivity contribution in [2.45, 2.75) is 26.8 Å². The smallest absolute Gasteiger partial charge is 0.338 e. The van der Waals surface area contributed by atoms with E-state index in [1.807, 2.05) is 38.1 Å². The van der Waals surface area contributed by atoms with Crippen molar-refractivity contribution >= 4 is 22.9 Å². The van der Waals surface area contributed by atoms with E-state index in [4.69, 9.17) is 4.42 Å². The molecule has 0 aliphatic rings. The van der Waals surface area contributed by atoms with Gasteiger partial charge in [-0.05, 0) is 49.6 Å². The zero-order chi connectivity index (χ0) is 19.0. The minimum atomic E-state index is -0.958. The maximum atomic E-state index is 12.1. The van der Waals surface area contributed by atoms with Gasteiger partial charge in [0, 0.05) is 24.1 Å². The van der Waals surface area contributed by atoms with Gasteiger partial charge in [0.05, 0.1) is 0 Å². The molecule has 134 valence electrons. The predicted octanol–water partition coefficient (Wildman–Crippen LogP) is 3.38. The molecule has 3 aromatic rings. The van der Waals surface area contributed by atoms with Crippen molar-refractivity contribution in [2.75, 3.05) is 11.9 Å². The minimum absolute atomic E-state index is 0.192. The summed E-state index contributed by atoms with van der Waals surface area (Å²) in [4.78, 5) is 29.2. The first-order valence-electron chi connectivity index (χ1n) is 8.26. The van der Waals surface area contributed by atoms with Crippen LogP contribution in [0.4, 0.5) is 5.82 Å². The second-order valence-corrected chi connectivity index (χ2v) is 6.39. The summed E-state index contributed by atoms with van der Waals surface area (Å²) in [5.41, 5.74) is 3.55. The summed E-state index contributed by atoms with van der Waals surface area (Å²) in [5.74, 6) is -0.533. The molecule has 0 bridgehead atoms. The van der Waals surface area contributed by atoms with Crippen LogP contribution in [0.25, 0.3) is 22.2 Å². The van der Waals surface area contributed by atoms with E-state index in [-0.39, 0.29) is 5.71 Å². The number of anilines is 1. The number of aryl methyl sites for hydroxylation is 2. The van der Waals surface area contributed by atoms with Gasteiger partial charge in [0.2, 0.25) is 5.71 Å². The Balaban J connectivity index is 2.22. The average Bonchev–Trinajstić information content (AvgIpc) is 2.59. The zero-order valence-electron chi connectivity index (χ0n) is 15.1. The number of pyridine rings is 1. The standard InChI is InChI=1S/C20H20N2O4/c1-11-6-5-7-12(2)18(11)15-10-17(23)26-19-14(15)8-9-16(21-19)22(4)13(3)20(24)25/h5-10,13H,1-4H3,(H,24,25). The summed E-state index contributed by atoms with van der Waals surface area (Å²) in [6.45, 7) is 5.55. The number of carboxylic acid groups (broad SMARTS) is 1. The lowest BCUT2D eigenvalue weighted by Crippen LogP contribution is -2.36. The summed E-state index contributed by atoms with van der Waals surface area (Å²) in [5, 5.41) is 9.89. The highest BCUT2D eigenvalue weighted by Gasteiger charge is 2.20. The number of aliphatic carboxylic acids is 1. The molecule has 3 rings (SSSR count). The van der Waals surface area contributed by atoms with E-state index in [1.54, 1.807) is 20.0 Å². The number of nitrogens with zero attached hydrogens (tertiary/aromatic N) is 2. The van der Waals surface area contributed by atoms with Crippen LogP contribution >= 0.6 is 0 Å². The number of hydrogen-bond donors (Lipinski definition) is 1. The van der Waals surface area contributed by atoms with Crippen LogP contribution in [0.5, 0.6) is 0 Å². The minimum Gasteiger partial charge on any atom is -0.480 e. The Morgan fingerprint density at radius 2 is 1.85 bits per heavy atom. The number of carboxylic acids is 1. The third-order valence-corrected chi connectivity index (χ3v) is 4.65. The molecule has 2 heterocycles. The third-order valence-electron chi connectivity index (χ3n) is 4.65. The lowest BCUT2D eigenvalue weighted by Gasteiger charge is -2.22. The van der Waals surface area contributed by atoms with E-state index in [1.165, 1.54) is 11.0 Å². The Labute approximate surface area is 150 Å². The van der Waals surface area contributed by atoms with E-state index < -0.39 is 17.6 Å². The number of carbonyl (C=O) groups is 1. The fraction of sp³-hybridized carbons (Fsp3) is 0.250. The molecule has 1 unspecified atom stereocenters. The van der Waals surface area contributed by atoms with E-state index >= 15 is 0 Å². The second-order valence-electron chi connectivity index (χ2n) is 6.39. The normalized spacial score (nSPS) is 12.2. The molecule has 0 saturated heterocycles. The molecule has 0 saturated carbocycles. The maximum Gasteiger partial charge on any atom is 0.338 e. The molecule has 1 N–H and O–H groups in total. The van der Waals surface area contributed by atoms with Gasteiger partial charge >= 0.3 is 11.6 Å². The van der Waals surface area contributed by atoms with E-state index in [0.29, 0.717) is 11.2 Å². The first kappa shape index (κ1) is 17.7. The van der Waals surface area contributed by atoms with Crippen LogP contribution < -0.4 is 10.5 Å². The summed E-state index contributed by atoms with van der Waals surface area (Å²) in [6.07, 6.45) is 0. The Kier molecular flexibility index (Phi) is 4.50. The first-order valence-corrected chi connectivity index (χ1v) is 8.26. The van der Waals surface area contributed by atoms with Gasteiger partial charge in [-0.15, -0.1) is 0 Å². The van der Waals surface area contributed by atoms with Crippen molar-refractivity contribution in [1.29, 1.82) is 0 Å². The van der Waals surface area contributed by atoms with Gasteiger partial charge in [0.25, 0.3) is 0 Å². The molecule has 1 aromatic carbocycles. The number of likely N-dealkylation sites (N-methyl/N-ethyl adjacent to an activating group) is 1. The Hall–Kier alpha value is -3.15. The van der Waals surface area contributed by atoms with E-state index in [2.05, 4.69) is 4.98 Å². The van der Waals surface area contributed by atoms with Crippen LogP contribution in [0.3, 0.4) is 0 Å².